The van der Waals surface area contributed by atoms with Gasteiger partial charge in [0.2, 0.25) is 0 Å². The van der Waals surface area contributed by atoms with Gasteiger partial charge in [-0.25, -0.2) is 0 Å². The first-order valence-electron chi connectivity index (χ1n) is 6.38. The van der Waals surface area contributed by atoms with Crippen LogP contribution in [0.5, 0.6) is 0 Å². The van der Waals surface area contributed by atoms with E-state index in [2.05, 4.69) is 28.9 Å². The van der Waals surface area contributed by atoms with E-state index in [4.69, 9.17) is 0 Å². The van der Waals surface area contributed by atoms with Gasteiger partial charge in [-0.3, -0.25) is 0 Å². The van der Waals surface area contributed by atoms with Crippen molar-refractivity contribution >= 4 is 11.8 Å². The first-order chi connectivity index (χ1) is 7.34. The molecule has 0 aliphatic carbocycles. The minimum Gasteiger partial charge on any atom is -0.312 e. The first-order valence-corrected chi connectivity index (χ1v) is 7.53. The summed E-state index contributed by atoms with van der Waals surface area (Å²) in [4.78, 5) is 2.66. The highest BCUT2D eigenvalue weighted by Gasteiger charge is 2.18. The van der Waals surface area contributed by atoms with E-state index in [1.807, 2.05) is 0 Å². The standard InChI is InChI=1S/C12H24N2S/c1-11-3-2-6-14(9-11)7-4-12-10-15-8-5-13-12/h11-13H,2-10H2,1H3. The number of nitrogens with zero attached hydrogens (tertiary/aromatic N) is 1. The summed E-state index contributed by atoms with van der Waals surface area (Å²) in [5.74, 6) is 3.55. The van der Waals surface area contributed by atoms with Gasteiger partial charge in [-0.05, 0) is 38.3 Å². The Morgan fingerprint density at radius 3 is 3.13 bits per heavy atom. The number of hydrogen-bond acceptors (Lipinski definition) is 3. The maximum Gasteiger partial charge on any atom is 0.0170 e. The van der Waals surface area contributed by atoms with Crippen LogP contribution in [-0.2, 0) is 0 Å². The molecule has 2 rings (SSSR count). The van der Waals surface area contributed by atoms with Crippen molar-refractivity contribution in [2.75, 3.05) is 37.7 Å². The van der Waals surface area contributed by atoms with Crippen molar-refractivity contribution in [3.05, 3.63) is 0 Å². The molecule has 2 saturated heterocycles. The van der Waals surface area contributed by atoms with E-state index < -0.39 is 0 Å². The van der Waals surface area contributed by atoms with Crippen molar-refractivity contribution in [2.24, 2.45) is 5.92 Å². The van der Waals surface area contributed by atoms with E-state index in [-0.39, 0.29) is 0 Å². The highest BCUT2D eigenvalue weighted by Crippen LogP contribution is 2.17. The van der Waals surface area contributed by atoms with Crippen LogP contribution in [0.25, 0.3) is 0 Å². The summed E-state index contributed by atoms with van der Waals surface area (Å²) in [6, 6.07) is 0.779. The van der Waals surface area contributed by atoms with Crippen molar-refractivity contribution in [1.29, 1.82) is 0 Å². The molecule has 3 heteroatoms. The summed E-state index contributed by atoms with van der Waals surface area (Å²) in [5.41, 5.74) is 0. The third kappa shape index (κ3) is 3.97. The van der Waals surface area contributed by atoms with Crippen LogP contribution >= 0.6 is 11.8 Å². The number of rotatable bonds is 3. The van der Waals surface area contributed by atoms with Gasteiger partial charge in [0, 0.05) is 30.6 Å². The molecule has 2 heterocycles. The molecular weight excluding hydrogens is 204 g/mol. The lowest BCUT2D eigenvalue weighted by molar-refractivity contribution is 0.177. The molecule has 2 aliphatic heterocycles. The fraction of sp³-hybridized carbons (Fsp3) is 1.00. The van der Waals surface area contributed by atoms with Crippen molar-refractivity contribution in [3.63, 3.8) is 0 Å². The fourth-order valence-corrected chi connectivity index (χ4v) is 3.63. The van der Waals surface area contributed by atoms with Gasteiger partial charge in [0.1, 0.15) is 0 Å². The molecule has 0 saturated carbocycles. The van der Waals surface area contributed by atoms with Crippen molar-refractivity contribution in [1.82, 2.24) is 10.2 Å². The second-order valence-electron chi connectivity index (χ2n) is 5.06. The van der Waals surface area contributed by atoms with Crippen LogP contribution in [0.1, 0.15) is 26.2 Å². The summed E-state index contributed by atoms with van der Waals surface area (Å²) in [5, 5.41) is 3.62. The third-order valence-electron chi connectivity index (χ3n) is 3.53. The summed E-state index contributed by atoms with van der Waals surface area (Å²) < 4.78 is 0. The number of piperidine rings is 1. The van der Waals surface area contributed by atoms with Crippen LogP contribution in [0.4, 0.5) is 0 Å². The summed E-state index contributed by atoms with van der Waals surface area (Å²) in [7, 11) is 0. The van der Waals surface area contributed by atoms with Crippen LogP contribution in [-0.4, -0.2) is 48.6 Å². The van der Waals surface area contributed by atoms with E-state index >= 15 is 0 Å². The molecule has 2 nitrogen and oxygen atoms in total. The molecule has 0 amide bonds. The second-order valence-corrected chi connectivity index (χ2v) is 6.21. The second kappa shape index (κ2) is 6.12. The highest BCUT2D eigenvalue weighted by molar-refractivity contribution is 7.99. The number of thioether (sulfide) groups is 1. The van der Waals surface area contributed by atoms with Crippen LogP contribution in [0.3, 0.4) is 0 Å². The van der Waals surface area contributed by atoms with Gasteiger partial charge in [0.25, 0.3) is 0 Å². The largest absolute Gasteiger partial charge is 0.312 e. The van der Waals surface area contributed by atoms with Crippen LogP contribution in [0.15, 0.2) is 0 Å². The van der Waals surface area contributed by atoms with E-state index in [0.717, 1.165) is 12.0 Å². The Kier molecular flexibility index (Phi) is 4.79. The Morgan fingerprint density at radius 1 is 1.47 bits per heavy atom. The first kappa shape index (κ1) is 11.7. The van der Waals surface area contributed by atoms with Gasteiger partial charge >= 0.3 is 0 Å². The maximum absolute atomic E-state index is 3.62. The molecule has 0 bridgehead atoms. The molecular formula is C12H24N2S. The molecule has 0 spiro atoms. The van der Waals surface area contributed by atoms with Crippen LogP contribution in [0, 0.1) is 5.92 Å². The monoisotopic (exact) mass is 228 g/mol. The Bertz CT molecular complexity index is 180. The molecule has 2 aliphatic rings. The predicted octanol–water partition coefficient (Wildman–Crippen LogP) is 1.81. The van der Waals surface area contributed by atoms with Crippen LogP contribution < -0.4 is 5.32 Å². The van der Waals surface area contributed by atoms with Crippen molar-refractivity contribution < 1.29 is 0 Å². The highest BCUT2D eigenvalue weighted by atomic mass is 32.2. The van der Waals surface area contributed by atoms with Gasteiger partial charge in [-0.2, -0.15) is 11.8 Å². The number of likely N-dealkylation sites (tertiary alicyclic amines) is 1. The van der Waals surface area contributed by atoms with Crippen molar-refractivity contribution in [2.45, 2.75) is 32.2 Å². The topological polar surface area (TPSA) is 15.3 Å². The SMILES string of the molecule is CC1CCCN(CCC2CSCCN2)C1. The minimum absolute atomic E-state index is 0.779. The minimum atomic E-state index is 0.779. The van der Waals surface area contributed by atoms with Gasteiger partial charge in [-0.15, -0.1) is 0 Å². The van der Waals surface area contributed by atoms with E-state index in [0.29, 0.717) is 0 Å². The Hall–Kier alpha value is 0.270. The summed E-state index contributed by atoms with van der Waals surface area (Å²) in [6.45, 7) is 7.58. The average molecular weight is 228 g/mol. The van der Waals surface area contributed by atoms with Gasteiger partial charge in [-0.1, -0.05) is 6.92 Å². The molecule has 0 aromatic heterocycles. The number of nitrogens with one attached hydrogen (secondary N) is 1. The molecule has 2 unspecified atom stereocenters. The summed E-state index contributed by atoms with van der Waals surface area (Å²) in [6.07, 6.45) is 4.20. The Balaban J connectivity index is 1.63. The molecule has 88 valence electrons. The summed E-state index contributed by atoms with van der Waals surface area (Å²) >= 11 is 2.11. The lowest BCUT2D eigenvalue weighted by Gasteiger charge is -2.32. The zero-order valence-corrected chi connectivity index (χ0v) is 10.7. The molecule has 1 N–H and O–H groups in total. The Morgan fingerprint density at radius 2 is 2.40 bits per heavy atom. The molecule has 15 heavy (non-hydrogen) atoms. The van der Waals surface area contributed by atoms with E-state index in [9.17, 15) is 0 Å². The van der Waals surface area contributed by atoms with E-state index in [1.165, 1.54) is 56.9 Å². The lowest BCUT2D eigenvalue weighted by atomic mass is 10.00. The molecule has 0 radical (unpaired) electrons. The quantitative estimate of drug-likeness (QED) is 0.793. The normalized spacial score (nSPS) is 34.2. The average Bonchev–Trinajstić information content (AvgIpc) is 2.28. The van der Waals surface area contributed by atoms with Crippen molar-refractivity contribution in [3.8, 4) is 0 Å². The smallest absolute Gasteiger partial charge is 0.0170 e. The number of hydrogen-bond donors (Lipinski definition) is 1. The maximum atomic E-state index is 3.62. The lowest BCUT2D eigenvalue weighted by Crippen LogP contribution is -2.42. The van der Waals surface area contributed by atoms with Gasteiger partial charge < -0.3 is 10.2 Å². The van der Waals surface area contributed by atoms with E-state index in [1.54, 1.807) is 0 Å². The van der Waals surface area contributed by atoms with Gasteiger partial charge in [0.15, 0.2) is 0 Å². The Labute approximate surface area is 98.2 Å². The molecule has 0 aromatic carbocycles. The molecule has 0 aromatic rings. The molecule has 2 fully saturated rings. The third-order valence-corrected chi connectivity index (χ3v) is 4.66. The predicted molar refractivity (Wildman–Crippen MR) is 68.6 cm³/mol. The fourth-order valence-electron chi connectivity index (χ4n) is 2.63. The zero-order chi connectivity index (χ0) is 10.5. The zero-order valence-electron chi connectivity index (χ0n) is 9.87. The molecule has 2 atom stereocenters. The van der Waals surface area contributed by atoms with Crippen LogP contribution in [0.2, 0.25) is 0 Å². The van der Waals surface area contributed by atoms with Gasteiger partial charge in [0.05, 0.1) is 0 Å².